The van der Waals surface area contributed by atoms with Crippen LogP contribution in [0.25, 0.3) is 0 Å². The van der Waals surface area contributed by atoms with E-state index in [2.05, 4.69) is 44.3 Å². The van der Waals surface area contributed by atoms with Crippen molar-refractivity contribution in [2.45, 2.75) is 26.8 Å². The number of aryl methyl sites for hydroxylation is 2. The largest absolute Gasteiger partial charge is 0.497 e. The molecular formula is C18H23NO2. The molecule has 0 spiro atoms. The zero-order valence-electron chi connectivity index (χ0n) is 13.4. The van der Waals surface area contributed by atoms with Crippen LogP contribution in [0.4, 0.5) is 5.69 Å². The molecule has 0 aliphatic heterocycles. The van der Waals surface area contributed by atoms with Crippen LogP contribution in [-0.2, 0) is 0 Å². The Balaban J connectivity index is 2.28. The highest BCUT2D eigenvalue weighted by molar-refractivity contribution is 5.61. The number of ether oxygens (including phenoxy) is 2. The topological polar surface area (TPSA) is 30.5 Å². The van der Waals surface area contributed by atoms with Gasteiger partial charge in [0.15, 0.2) is 0 Å². The maximum Gasteiger partial charge on any atom is 0.142 e. The average Bonchev–Trinajstić information content (AvgIpc) is 2.46. The fraction of sp³-hybridized carbons (Fsp3) is 0.333. The Labute approximate surface area is 126 Å². The molecule has 0 saturated heterocycles. The second-order valence-electron chi connectivity index (χ2n) is 5.29. The van der Waals surface area contributed by atoms with Gasteiger partial charge in [-0.1, -0.05) is 23.8 Å². The SMILES string of the molecule is COc1ccc(OC)c(NC(C)c2ccc(C)cc2C)c1. The third-order valence-electron chi connectivity index (χ3n) is 3.67. The van der Waals surface area contributed by atoms with Gasteiger partial charge < -0.3 is 14.8 Å². The van der Waals surface area contributed by atoms with Gasteiger partial charge in [0.05, 0.1) is 19.9 Å². The lowest BCUT2D eigenvalue weighted by atomic mass is 10.00. The summed E-state index contributed by atoms with van der Waals surface area (Å²) < 4.78 is 10.7. The van der Waals surface area contributed by atoms with Gasteiger partial charge in [-0.3, -0.25) is 0 Å². The summed E-state index contributed by atoms with van der Waals surface area (Å²) in [6.07, 6.45) is 0. The van der Waals surface area contributed by atoms with E-state index >= 15 is 0 Å². The van der Waals surface area contributed by atoms with E-state index in [1.165, 1.54) is 16.7 Å². The highest BCUT2D eigenvalue weighted by Crippen LogP contribution is 2.32. The number of hydrogen-bond donors (Lipinski definition) is 1. The first-order chi connectivity index (χ1) is 10.0. The van der Waals surface area contributed by atoms with Gasteiger partial charge in [-0.2, -0.15) is 0 Å². The summed E-state index contributed by atoms with van der Waals surface area (Å²) in [4.78, 5) is 0. The van der Waals surface area contributed by atoms with E-state index in [0.717, 1.165) is 17.2 Å². The van der Waals surface area contributed by atoms with Crippen LogP contribution in [0.5, 0.6) is 11.5 Å². The molecule has 1 atom stereocenters. The monoisotopic (exact) mass is 285 g/mol. The molecule has 1 N–H and O–H groups in total. The Morgan fingerprint density at radius 2 is 1.71 bits per heavy atom. The van der Waals surface area contributed by atoms with Crippen LogP contribution < -0.4 is 14.8 Å². The van der Waals surface area contributed by atoms with Crippen LogP contribution in [0.1, 0.15) is 29.7 Å². The minimum Gasteiger partial charge on any atom is -0.497 e. The van der Waals surface area contributed by atoms with Crippen LogP contribution in [0.2, 0.25) is 0 Å². The molecule has 0 bridgehead atoms. The summed E-state index contributed by atoms with van der Waals surface area (Å²) in [5.74, 6) is 1.62. The lowest BCUT2D eigenvalue weighted by molar-refractivity contribution is 0.404. The van der Waals surface area contributed by atoms with Crippen molar-refractivity contribution in [2.75, 3.05) is 19.5 Å². The van der Waals surface area contributed by atoms with Gasteiger partial charge >= 0.3 is 0 Å². The van der Waals surface area contributed by atoms with Crippen molar-refractivity contribution in [3.05, 3.63) is 53.1 Å². The maximum atomic E-state index is 5.41. The minimum atomic E-state index is 0.187. The zero-order valence-corrected chi connectivity index (χ0v) is 13.4. The molecule has 0 fully saturated rings. The number of hydrogen-bond acceptors (Lipinski definition) is 3. The summed E-state index contributed by atoms with van der Waals surface area (Å²) in [6.45, 7) is 6.40. The number of methoxy groups -OCH3 is 2. The van der Waals surface area contributed by atoms with E-state index in [-0.39, 0.29) is 6.04 Å². The first-order valence-electron chi connectivity index (χ1n) is 7.11. The summed E-state index contributed by atoms with van der Waals surface area (Å²) >= 11 is 0. The molecule has 0 radical (unpaired) electrons. The lowest BCUT2D eigenvalue weighted by Crippen LogP contribution is -2.09. The predicted molar refractivity (Wildman–Crippen MR) is 87.5 cm³/mol. The van der Waals surface area contributed by atoms with Crippen molar-refractivity contribution in [1.82, 2.24) is 0 Å². The molecule has 2 aromatic rings. The van der Waals surface area contributed by atoms with Gasteiger partial charge in [0, 0.05) is 12.1 Å². The molecule has 0 aromatic heterocycles. The highest BCUT2D eigenvalue weighted by Gasteiger charge is 2.12. The van der Waals surface area contributed by atoms with Gasteiger partial charge in [0.2, 0.25) is 0 Å². The average molecular weight is 285 g/mol. The van der Waals surface area contributed by atoms with Crippen molar-refractivity contribution in [2.24, 2.45) is 0 Å². The zero-order chi connectivity index (χ0) is 15.4. The van der Waals surface area contributed by atoms with Crippen molar-refractivity contribution in [3.63, 3.8) is 0 Å². The molecule has 0 aliphatic rings. The Hall–Kier alpha value is -2.16. The molecule has 3 heteroatoms. The Bertz CT molecular complexity index is 623. The minimum absolute atomic E-state index is 0.187. The van der Waals surface area contributed by atoms with Crippen LogP contribution in [0, 0.1) is 13.8 Å². The van der Waals surface area contributed by atoms with Crippen LogP contribution in [-0.4, -0.2) is 14.2 Å². The van der Waals surface area contributed by atoms with Crippen molar-refractivity contribution >= 4 is 5.69 Å². The van der Waals surface area contributed by atoms with E-state index in [4.69, 9.17) is 9.47 Å². The van der Waals surface area contributed by atoms with Gasteiger partial charge in [0.1, 0.15) is 11.5 Å². The van der Waals surface area contributed by atoms with Crippen molar-refractivity contribution in [3.8, 4) is 11.5 Å². The molecule has 3 nitrogen and oxygen atoms in total. The summed E-state index contributed by atoms with van der Waals surface area (Å²) in [6, 6.07) is 12.5. The molecule has 2 rings (SSSR count). The number of nitrogens with one attached hydrogen (secondary N) is 1. The molecule has 2 aromatic carbocycles. The molecule has 0 aliphatic carbocycles. The first kappa shape index (κ1) is 15.2. The number of benzene rings is 2. The fourth-order valence-electron chi connectivity index (χ4n) is 2.55. The predicted octanol–water partition coefficient (Wildman–Crippen LogP) is 4.49. The normalized spacial score (nSPS) is 11.9. The first-order valence-corrected chi connectivity index (χ1v) is 7.11. The van der Waals surface area contributed by atoms with Crippen molar-refractivity contribution < 1.29 is 9.47 Å². The Morgan fingerprint density at radius 1 is 0.952 bits per heavy atom. The van der Waals surface area contributed by atoms with Crippen molar-refractivity contribution in [1.29, 1.82) is 0 Å². The molecule has 21 heavy (non-hydrogen) atoms. The van der Waals surface area contributed by atoms with Gasteiger partial charge in [-0.05, 0) is 44.0 Å². The third-order valence-corrected chi connectivity index (χ3v) is 3.67. The highest BCUT2D eigenvalue weighted by atomic mass is 16.5. The number of anilines is 1. The maximum absolute atomic E-state index is 5.41. The Morgan fingerprint density at radius 3 is 2.33 bits per heavy atom. The van der Waals surface area contributed by atoms with Gasteiger partial charge in [-0.25, -0.2) is 0 Å². The van der Waals surface area contributed by atoms with E-state index in [9.17, 15) is 0 Å². The summed E-state index contributed by atoms with van der Waals surface area (Å²) in [7, 11) is 3.34. The second-order valence-corrected chi connectivity index (χ2v) is 5.29. The third kappa shape index (κ3) is 3.48. The smallest absolute Gasteiger partial charge is 0.142 e. The summed E-state index contributed by atoms with van der Waals surface area (Å²) in [5, 5.41) is 3.51. The molecule has 0 amide bonds. The summed E-state index contributed by atoms with van der Waals surface area (Å²) in [5.41, 5.74) is 4.79. The molecule has 0 heterocycles. The standard InChI is InChI=1S/C18H23NO2/c1-12-6-8-16(13(2)10-12)14(3)19-17-11-15(20-4)7-9-18(17)21-5/h6-11,14,19H,1-5H3. The van der Waals surface area contributed by atoms with Crippen LogP contribution in [0.3, 0.4) is 0 Å². The Kier molecular flexibility index (Phi) is 4.73. The van der Waals surface area contributed by atoms with Crippen LogP contribution in [0.15, 0.2) is 36.4 Å². The molecule has 1 unspecified atom stereocenters. The molecular weight excluding hydrogens is 262 g/mol. The molecule has 0 saturated carbocycles. The van der Waals surface area contributed by atoms with E-state index < -0.39 is 0 Å². The lowest BCUT2D eigenvalue weighted by Gasteiger charge is -2.20. The van der Waals surface area contributed by atoms with E-state index in [0.29, 0.717) is 0 Å². The molecule has 112 valence electrons. The van der Waals surface area contributed by atoms with Crippen LogP contribution >= 0.6 is 0 Å². The van der Waals surface area contributed by atoms with Gasteiger partial charge in [0.25, 0.3) is 0 Å². The quantitative estimate of drug-likeness (QED) is 0.877. The van der Waals surface area contributed by atoms with Gasteiger partial charge in [-0.15, -0.1) is 0 Å². The van der Waals surface area contributed by atoms with E-state index in [1.807, 2.05) is 18.2 Å². The number of rotatable bonds is 5. The van der Waals surface area contributed by atoms with E-state index in [1.54, 1.807) is 14.2 Å². The fourth-order valence-corrected chi connectivity index (χ4v) is 2.55. The second kappa shape index (κ2) is 6.53.